The van der Waals surface area contributed by atoms with Gasteiger partial charge in [-0.2, -0.15) is 4.31 Å². The highest BCUT2D eigenvalue weighted by Crippen LogP contribution is 2.29. The van der Waals surface area contributed by atoms with Crippen LogP contribution in [0, 0.1) is 0 Å². The van der Waals surface area contributed by atoms with Crippen LogP contribution in [0.15, 0.2) is 83.8 Å². The number of nitrogens with one attached hydrogen (secondary N) is 1. The topological polar surface area (TPSA) is 102 Å². The number of hydrogen-bond donors (Lipinski definition) is 1. The highest BCUT2D eigenvalue weighted by atomic mass is 32.2. The zero-order valence-electron chi connectivity index (χ0n) is 19.6. The SMILES string of the molecule is CCN(CC)S(=O)(=O)c1cccc(NC(=O)COC(=O)COc2ccccc2-c2ccccc2)c1. The van der Waals surface area contributed by atoms with Gasteiger partial charge in [-0.15, -0.1) is 0 Å². The lowest BCUT2D eigenvalue weighted by Crippen LogP contribution is -2.30. The Morgan fingerprint density at radius 1 is 0.857 bits per heavy atom. The molecule has 0 aromatic heterocycles. The van der Waals surface area contributed by atoms with Gasteiger partial charge >= 0.3 is 5.97 Å². The Kier molecular flexibility index (Phi) is 8.99. The molecule has 8 nitrogen and oxygen atoms in total. The van der Waals surface area contributed by atoms with Crippen LogP contribution in [-0.4, -0.2) is 50.9 Å². The number of benzene rings is 3. The third kappa shape index (κ3) is 6.91. The maximum Gasteiger partial charge on any atom is 0.344 e. The second-order valence-electron chi connectivity index (χ2n) is 7.48. The summed E-state index contributed by atoms with van der Waals surface area (Å²) in [6, 6.07) is 22.9. The normalized spacial score (nSPS) is 11.2. The number of ether oxygens (including phenoxy) is 2. The van der Waals surface area contributed by atoms with Crippen LogP contribution in [0.2, 0.25) is 0 Å². The molecule has 3 aromatic rings. The molecular weight excluding hydrogens is 468 g/mol. The Bertz CT molecular complexity index is 1260. The van der Waals surface area contributed by atoms with E-state index >= 15 is 0 Å². The van der Waals surface area contributed by atoms with Crippen molar-refractivity contribution in [2.24, 2.45) is 0 Å². The molecule has 0 saturated heterocycles. The van der Waals surface area contributed by atoms with Gasteiger partial charge in [0.05, 0.1) is 4.90 Å². The van der Waals surface area contributed by atoms with Gasteiger partial charge in [0.1, 0.15) is 5.75 Å². The Labute approximate surface area is 205 Å². The predicted octanol–water partition coefficient (Wildman–Crippen LogP) is 3.94. The maximum absolute atomic E-state index is 12.7. The number of hydrogen-bond acceptors (Lipinski definition) is 6. The summed E-state index contributed by atoms with van der Waals surface area (Å²) in [5, 5.41) is 2.55. The molecule has 1 N–H and O–H groups in total. The van der Waals surface area contributed by atoms with Crippen molar-refractivity contribution in [2.45, 2.75) is 18.7 Å². The first-order chi connectivity index (χ1) is 16.8. The molecule has 0 aliphatic carbocycles. The van der Waals surface area contributed by atoms with E-state index in [0.29, 0.717) is 18.8 Å². The average Bonchev–Trinajstić information content (AvgIpc) is 2.87. The number of carbonyl (C=O) groups is 2. The lowest BCUT2D eigenvalue weighted by Gasteiger charge is -2.18. The molecule has 184 valence electrons. The van der Waals surface area contributed by atoms with Gasteiger partial charge in [0.15, 0.2) is 13.2 Å². The van der Waals surface area contributed by atoms with E-state index in [4.69, 9.17) is 9.47 Å². The average molecular weight is 497 g/mol. The number of nitrogens with zero attached hydrogens (tertiary/aromatic N) is 1. The van der Waals surface area contributed by atoms with Crippen molar-refractivity contribution in [3.8, 4) is 16.9 Å². The van der Waals surface area contributed by atoms with Crippen LogP contribution in [0.5, 0.6) is 5.75 Å². The molecule has 0 unspecified atom stereocenters. The molecule has 3 rings (SSSR count). The molecule has 35 heavy (non-hydrogen) atoms. The molecule has 1 amide bonds. The van der Waals surface area contributed by atoms with Crippen molar-refractivity contribution in [1.82, 2.24) is 4.31 Å². The van der Waals surface area contributed by atoms with Gasteiger partial charge in [-0.05, 0) is 29.8 Å². The molecule has 0 spiro atoms. The lowest BCUT2D eigenvalue weighted by molar-refractivity contribution is -0.149. The highest BCUT2D eigenvalue weighted by molar-refractivity contribution is 7.89. The molecule has 0 fully saturated rings. The molecule has 0 atom stereocenters. The fraction of sp³-hybridized carbons (Fsp3) is 0.231. The van der Waals surface area contributed by atoms with E-state index in [0.717, 1.165) is 11.1 Å². The van der Waals surface area contributed by atoms with Crippen molar-refractivity contribution in [1.29, 1.82) is 0 Å². The van der Waals surface area contributed by atoms with Gasteiger partial charge in [-0.1, -0.05) is 68.4 Å². The molecule has 3 aromatic carbocycles. The standard InChI is InChI=1S/C26H28N2O6S/c1-3-28(4-2)35(31,32)22-14-10-13-21(17-22)27-25(29)18-34-26(30)19-33-24-16-9-8-15-23(24)20-11-6-5-7-12-20/h5-17H,3-4,18-19H2,1-2H3,(H,27,29). The van der Waals surface area contributed by atoms with E-state index in [1.165, 1.54) is 22.5 Å². The van der Waals surface area contributed by atoms with Crippen LogP contribution in [0.1, 0.15) is 13.8 Å². The van der Waals surface area contributed by atoms with E-state index in [1.54, 1.807) is 32.0 Å². The molecule has 0 heterocycles. The summed E-state index contributed by atoms with van der Waals surface area (Å²) in [4.78, 5) is 24.5. The van der Waals surface area contributed by atoms with Crippen LogP contribution < -0.4 is 10.1 Å². The van der Waals surface area contributed by atoms with Gasteiger partial charge in [0.25, 0.3) is 5.91 Å². The minimum atomic E-state index is -3.66. The zero-order chi connectivity index (χ0) is 25.3. The largest absolute Gasteiger partial charge is 0.481 e. The summed E-state index contributed by atoms with van der Waals surface area (Å²) >= 11 is 0. The van der Waals surface area contributed by atoms with Gasteiger partial charge in [0.2, 0.25) is 10.0 Å². The fourth-order valence-electron chi connectivity index (χ4n) is 3.42. The highest BCUT2D eigenvalue weighted by Gasteiger charge is 2.22. The Morgan fingerprint density at radius 2 is 1.54 bits per heavy atom. The quantitative estimate of drug-likeness (QED) is 0.404. The number of carbonyl (C=O) groups excluding carboxylic acids is 2. The fourth-order valence-corrected chi connectivity index (χ4v) is 4.92. The van der Waals surface area contributed by atoms with Crippen molar-refractivity contribution in [2.75, 3.05) is 31.6 Å². The lowest BCUT2D eigenvalue weighted by atomic mass is 10.1. The Morgan fingerprint density at radius 3 is 2.26 bits per heavy atom. The van der Waals surface area contributed by atoms with Crippen LogP contribution in [0.4, 0.5) is 5.69 Å². The summed E-state index contributed by atoms with van der Waals surface area (Å²) in [5.74, 6) is -0.785. The first-order valence-electron chi connectivity index (χ1n) is 11.2. The van der Waals surface area contributed by atoms with E-state index in [2.05, 4.69) is 5.32 Å². The molecule has 0 radical (unpaired) electrons. The molecule has 0 saturated carbocycles. The zero-order valence-corrected chi connectivity index (χ0v) is 20.5. The van der Waals surface area contributed by atoms with E-state index in [1.807, 2.05) is 42.5 Å². The van der Waals surface area contributed by atoms with Crippen LogP contribution in [-0.2, 0) is 24.3 Å². The van der Waals surface area contributed by atoms with Crippen molar-refractivity contribution in [3.63, 3.8) is 0 Å². The number of anilines is 1. The van der Waals surface area contributed by atoms with Gasteiger partial charge in [-0.3, -0.25) is 4.79 Å². The van der Waals surface area contributed by atoms with Crippen LogP contribution in [0.25, 0.3) is 11.1 Å². The number of amides is 1. The summed E-state index contributed by atoms with van der Waals surface area (Å²) in [7, 11) is -3.66. The van der Waals surface area contributed by atoms with Crippen molar-refractivity contribution in [3.05, 3.63) is 78.9 Å². The summed E-state index contributed by atoms with van der Waals surface area (Å²) in [6.07, 6.45) is 0. The number of para-hydroxylation sites is 1. The van der Waals surface area contributed by atoms with Crippen molar-refractivity contribution < 1.29 is 27.5 Å². The third-order valence-corrected chi connectivity index (χ3v) is 7.19. The van der Waals surface area contributed by atoms with Crippen LogP contribution in [0.3, 0.4) is 0 Å². The smallest absolute Gasteiger partial charge is 0.344 e. The molecule has 0 bridgehead atoms. The monoisotopic (exact) mass is 496 g/mol. The van der Waals surface area contributed by atoms with Gasteiger partial charge in [-0.25, -0.2) is 13.2 Å². The van der Waals surface area contributed by atoms with Crippen LogP contribution >= 0.6 is 0 Å². The summed E-state index contributed by atoms with van der Waals surface area (Å²) in [6.45, 7) is 3.28. The van der Waals surface area contributed by atoms with E-state index in [-0.39, 0.29) is 17.2 Å². The second kappa shape index (κ2) is 12.1. The minimum Gasteiger partial charge on any atom is -0.481 e. The second-order valence-corrected chi connectivity index (χ2v) is 9.41. The summed E-state index contributed by atoms with van der Waals surface area (Å²) in [5.41, 5.74) is 2.06. The van der Waals surface area contributed by atoms with E-state index < -0.39 is 28.5 Å². The maximum atomic E-state index is 12.7. The van der Waals surface area contributed by atoms with E-state index in [9.17, 15) is 18.0 Å². The van der Waals surface area contributed by atoms with Gasteiger partial charge in [0, 0.05) is 24.3 Å². The first-order valence-corrected chi connectivity index (χ1v) is 12.6. The molecule has 0 aliphatic rings. The number of rotatable bonds is 11. The molecular formula is C26H28N2O6S. The Balaban J connectivity index is 1.54. The number of esters is 1. The number of sulfonamides is 1. The Hall–Kier alpha value is -3.69. The van der Waals surface area contributed by atoms with Crippen molar-refractivity contribution >= 4 is 27.6 Å². The first kappa shape index (κ1) is 25.9. The summed E-state index contributed by atoms with van der Waals surface area (Å²) < 4.78 is 37.3. The molecule has 9 heteroatoms. The van der Waals surface area contributed by atoms with Gasteiger partial charge < -0.3 is 14.8 Å². The minimum absolute atomic E-state index is 0.0708. The molecule has 0 aliphatic heterocycles. The third-order valence-electron chi connectivity index (χ3n) is 5.14. The predicted molar refractivity (Wildman–Crippen MR) is 134 cm³/mol.